The van der Waals surface area contributed by atoms with Gasteiger partial charge in [-0.05, 0) is 54.1 Å². The highest BCUT2D eigenvalue weighted by Crippen LogP contribution is 2.11. The Morgan fingerprint density at radius 3 is 1.83 bits per heavy atom. The molecule has 0 heterocycles. The van der Waals surface area contributed by atoms with Crippen molar-refractivity contribution in [2.24, 2.45) is 0 Å². The molecule has 9 heteroatoms. The zero-order chi connectivity index (χ0) is 21.6. The maximum absolute atomic E-state index is 12.9. The summed E-state index contributed by atoms with van der Waals surface area (Å²) in [6, 6.07) is 19.1. The maximum atomic E-state index is 12.9. The van der Waals surface area contributed by atoms with E-state index in [1.165, 1.54) is 24.3 Å². The fourth-order valence-corrected chi connectivity index (χ4v) is 3.51. The quantitative estimate of drug-likeness (QED) is 0.526. The molecule has 0 aliphatic heterocycles. The zero-order valence-electron chi connectivity index (χ0n) is 15.6. The summed E-state index contributed by atoms with van der Waals surface area (Å²) < 4.78 is 39.8. The summed E-state index contributed by atoms with van der Waals surface area (Å²) in [4.78, 5) is 24.0. The molecule has 0 aliphatic rings. The van der Waals surface area contributed by atoms with Crippen LogP contribution in [0, 0.1) is 5.82 Å². The average molecular weight is 427 g/mol. The number of hydrazine groups is 1. The van der Waals surface area contributed by atoms with Crippen LogP contribution in [0.4, 0.5) is 4.39 Å². The largest absolute Gasteiger partial charge is 0.269 e. The molecule has 0 aromatic heterocycles. The van der Waals surface area contributed by atoms with Crippen molar-refractivity contribution >= 4 is 21.8 Å². The van der Waals surface area contributed by atoms with Crippen molar-refractivity contribution in [3.8, 4) is 0 Å². The number of sulfonamides is 1. The Morgan fingerprint density at radius 2 is 1.27 bits per heavy atom. The molecule has 0 unspecified atom stereocenters. The first kappa shape index (κ1) is 21.2. The van der Waals surface area contributed by atoms with E-state index in [1.54, 1.807) is 42.5 Å². The maximum Gasteiger partial charge on any atom is 0.269 e. The summed E-state index contributed by atoms with van der Waals surface area (Å²) in [6.07, 6.45) is 0. The van der Waals surface area contributed by atoms with Crippen molar-refractivity contribution < 1.29 is 22.4 Å². The van der Waals surface area contributed by atoms with E-state index in [2.05, 4.69) is 15.6 Å². The highest BCUT2D eigenvalue weighted by Gasteiger charge is 2.14. The lowest BCUT2D eigenvalue weighted by molar-refractivity contribution is 0.0846. The Hall–Kier alpha value is -3.56. The molecular formula is C21H18FN3O4S. The SMILES string of the molecule is O=C(NNC(=O)c1ccc(CNS(=O)(=O)c2ccc(F)cc2)cc1)c1ccccc1. The van der Waals surface area contributed by atoms with E-state index >= 15 is 0 Å². The molecule has 3 N–H and O–H groups in total. The van der Waals surface area contributed by atoms with E-state index in [0.717, 1.165) is 12.1 Å². The molecule has 0 radical (unpaired) electrons. The van der Waals surface area contributed by atoms with Crippen LogP contribution in [0.1, 0.15) is 26.3 Å². The van der Waals surface area contributed by atoms with Crippen LogP contribution in [0.2, 0.25) is 0 Å². The third-order valence-corrected chi connectivity index (χ3v) is 5.55. The monoisotopic (exact) mass is 427 g/mol. The van der Waals surface area contributed by atoms with Gasteiger partial charge in [-0.1, -0.05) is 30.3 Å². The van der Waals surface area contributed by atoms with Crippen LogP contribution >= 0.6 is 0 Å². The number of benzene rings is 3. The molecule has 0 spiro atoms. The normalized spacial score (nSPS) is 11.0. The molecule has 3 aromatic rings. The smallest absolute Gasteiger partial charge is 0.267 e. The summed E-state index contributed by atoms with van der Waals surface area (Å²) in [5.41, 5.74) is 5.95. The predicted molar refractivity (Wildman–Crippen MR) is 108 cm³/mol. The zero-order valence-corrected chi connectivity index (χ0v) is 16.4. The van der Waals surface area contributed by atoms with E-state index in [1.807, 2.05) is 0 Å². The molecule has 0 fully saturated rings. The molecule has 2 amide bonds. The van der Waals surface area contributed by atoms with Gasteiger partial charge in [0, 0.05) is 17.7 Å². The highest BCUT2D eigenvalue weighted by atomic mass is 32.2. The first-order valence-electron chi connectivity index (χ1n) is 8.85. The summed E-state index contributed by atoms with van der Waals surface area (Å²) in [6.45, 7) is -0.00759. The number of nitrogens with one attached hydrogen (secondary N) is 3. The standard InChI is InChI=1S/C21H18FN3O4S/c22-18-10-12-19(13-11-18)30(28,29)23-14-15-6-8-17(9-7-15)21(27)25-24-20(26)16-4-2-1-3-5-16/h1-13,23H,14H2,(H,24,26)(H,25,27). The van der Waals surface area contributed by atoms with Crippen LogP contribution in [0.5, 0.6) is 0 Å². The summed E-state index contributed by atoms with van der Waals surface area (Å²) >= 11 is 0. The van der Waals surface area contributed by atoms with Crippen LogP contribution in [-0.4, -0.2) is 20.2 Å². The Morgan fingerprint density at radius 1 is 0.733 bits per heavy atom. The Bertz CT molecular complexity index is 1130. The van der Waals surface area contributed by atoms with E-state index in [-0.39, 0.29) is 17.0 Å². The second-order valence-corrected chi connectivity index (χ2v) is 8.02. The van der Waals surface area contributed by atoms with Crippen molar-refractivity contribution in [1.82, 2.24) is 15.6 Å². The van der Waals surface area contributed by atoms with Gasteiger partial charge in [0.1, 0.15) is 5.82 Å². The lowest BCUT2D eigenvalue weighted by atomic mass is 10.1. The summed E-state index contributed by atoms with van der Waals surface area (Å²) in [7, 11) is -3.79. The molecule has 0 saturated heterocycles. The molecule has 154 valence electrons. The topological polar surface area (TPSA) is 104 Å². The van der Waals surface area contributed by atoms with Gasteiger partial charge in [0.05, 0.1) is 4.90 Å². The minimum atomic E-state index is -3.79. The van der Waals surface area contributed by atoms with Gasteiger partial charge in [-0.15, -0.1) is 0 Å². The van der Waals surface area contributed by atoms with Gasteiger partial charge in [-0.25, -0.2) is 17.5 Å². The Balaban J connectivity index is 1.54. The van der Waals surface area contributed by atoms with E-state index in [4.69, 9.17) is 0 Å². The van der Waals surface area contributed by atoms with Crippen LogP contribution in [0.15, 0.2) is 83.8 Å². The minimum absolute atomic E-state index is 0.00759. The van der Waals surface area contributed by atoms with Gasteiger partial charge in [-0.2, -0.15) is 0 Å². The number of hydrogen-bond donors (Lipinski definition) is 3. The van der Waals surface area contributed by atoms with Crippen molar-refractivity contribution in [3.05, 3.63) is 101 Å². The van der Waals surface area contributed by atoms with Crippen molar-refractivity contribution in [3.63, 3.8) is 0 Å². The van der Waals surface area contributed by atoms with Crippen molar-refractivity contribution in [2.75, 3.05) is 0 Å². The van der Waals surface area contributed by atoms with Gasteiger partial charge < -0.3 is 0 Å². The second-order valence-electron chi connectivity index (χ2n) is 6.25. The highest BCUT2D eigenvalue weighted by molar-refractivity contribution is 7.89. The van der Waals surface area contributed by atoms with E-state index in [0.29, 0.717) is 11.1 Å². The molecule has 7 nitrogen and oxygen atoms in total. The van der Waals surface area contributed by atoms with Gasteiger partial charge in [0.2, 0.25) is 10.0 Å². The van der Waals surface area contributed by atoms with Crippen LogP contribution in [-0.2, 0) is 16.6 Å². The van der Waals surface area contributed by atoms with Gasteiger partial charge in [0.15, 0.2) is 0 Å². The molecular weight excluding hydrogens is 409 g/mol. The third kappa shape index (κ3) is 5.49. The van der Waals surface area contributed by atoms with Gasteiger partial charge >= 0.3 is 0 Å². The van der Waals surface area contributed by atoms with Crippen LogP contribution < -0.4 is 15.6 Å². The summed E-state index contributed by atoms with van der Waals surface area (Å²) in [5.74, 6) is -1.49. The number of halogens is 1. The lowest BCUT2D eigenvalue weighted by Crippen LogP contribution is -2.41. The molecule has 0 atom stereocenters. The number of amides is 2. The number of hydrogen-bond acceptors (Lipinski definition) is 4. The predicted octanol–water partition coefficient (Wildman–Crippen LogP) is 2.38. The number of carbonyl (C=O) groups is 2. The molecule has 30 heavy (non-hydrogen) atoms. The fourth-order valence-electron chi connectivity index (χ4n) is 2.50. The van der Waals surface area contributed by atoms with Crippen LogP contribution in [0.25, 0.3) is 0 Å². The molecule has 0 saturated carbocycles. The number of rotatable bonds is 6. The van der Waals surface area contributed by atoms with E-state index in [9.17, 15) is 22.4 Å². The van der Waals surface area contributed by atoms with Crippen molar-refractivity contribution in [1.29, 1.82) is 0 Å². The van der Waals surface area contributed by atoms with Crippen molar-refractivity contribution in [2.45, 2.75) is 11.4 Å². The molecule has 0 bridgehead atoms. The first-order chi connectivity index (χ1) is 14.3. The Kier molecular flexibility index (Phi) is 6.55. The average Bonchev–Trinajstić information content (AvgIpc) is 2.77. The summed E-state index contributed by atoms with van der Waals surface area (Å²) in [5, 5.41) is 0. The first-order valence-corrected chi connectivity index (χ1v) is 10.3. The van der Waals surface area contributed by atoms with Crippen LogP contribution in [0.3, 0.4) is 0 Å². The lowest BCUT2D eigenvalue weighted by Gasteiger charge is -2.09. The molecule has 0 aliphatic carbocycles. The minimum Gasteiger partial charge on any atom is -0.267 e. The molecule has 3 rings (SSSR count). The van der Waals surface area contributed by atoms with Gasteiger partial charge in [0.25, 0.3) is 11.8 Å². The Labute approximate surface area is 173 Å². The molecule has 3 aromatic carbocycles. The third-order valence-electron chi connectivity index (χ3n) is 4.13. The number of carbonyl (C=O) groups excluding carboxylic acids is 2. The van der Waals surface area contributed by atoms with Gasteiger partial charge in [-0.3, -0.25) is 20.4 Å². The second kappa shape index (κ2) is 9.29. The fraction of sp³-hybridized carbons (Fsp3) is 0.0476. The van der Waals surface area contributed by atoms with E-state index < -0.39 is 27.7 Å².